The van der Waals surface area contributed by atoms with Crippen molar-refractivity contribution in [3.8, 4) is 0 Å². The van der Waals surface area contributed by atoms with Gasteiger partial charge in [0.1, 0.15) is 6.61 Å². The molecule has 0 aliphatic heterocycles. The molecule has 6 heteroatoms. The van der Waals surface area contributed by atoms with Crippen molar-refractivity contribution in [2.45, 2.75) is 12.8 Å². The van der Waals surface area contributed by atoms with Crippen LogP contribution in [-0.4, -0.2) is 24.4 Å². The molecule has 17 heavy (non-hydrogen) atoms. The third-order valence-electron chi connectivity index (χ3n) is 2.21. The van der Waals surface area contributed by atoms with Crippen LogP contribution in [0, 0.1) is 15.9 Å². The van der Waals surface area contributed by atoms with E-state index < -0.39 is 16.4 Å². The molecule has 0 saturated heterocycles. The molecule has 0 spiro atoms. The first-order valence-corrected chi connectivity index (χ1v) is 4.98. The number of halogens is 1. The van der Waals surface area contributed by atoms with Gasteiger partial charge in [-0.2, -0.15) is 4.39 Å². The number of ether oxygens (including phenoxy) is 1. The van der Waals surface area contributed by atoms with Crippen molar-refractivity contribution in [1.29, 1.82) is 0 Å². The summed E-state index contributed by atoms with van der Waals surface area (Å²) in [4.78, 5) is 20.7. The molecule has 0 atom stereocenters. The Balaban J connectivity index is 2.65. The largest absolute Gasteiger partial charge is 0.377 e. The van der Waals surface area contributed by atoms with Gasteiger partial charge in [0.05, 0.1) is 4.92 Å². The smallest absolute Gasteiger partial charge is 0.304 e. The van der Waals surface area contributed by atoms with Crippen molar-refractivity contribution in [3.63, 3.8) is 0 Å². The fourth-order valence-electron chi connectivity index (χ4n) is 1.37. The second kappa shape index (κ2) is 6.05. The van der Waals surface area contributed by atoms with Gasteiger partial charge in [0.15, 0.2) is 5.78 Å². The van der Waals surface area contributed by atoms with E-state index in [2.05, 4.69) is 4.74 Å². The zero-order valence-corrected chi connectivity index (χ0v) is 9.31. The van der Waals surface area contributed by atoms with Gasteiger partial charge in [-0.3, -0.25) is 14.9 Å². The highest BCUT2D eigenvalue weighted by molar-refractivity contribution is 5.79. The van der Waals surface area contributed by atoms with Gasteiger partial charge in [-0.25, -0.2) is 0 Å². The van der Waals surface area contributed by atoms with Crippen molar-refractivity contribution < 1.29 is 18.8 Å². The molecule has 0 radical (unpaired) electrons. The summed E-state index contributed by atoms with van der Waals surface area (Å²) in [5, 5.41) is 10.4. The maximum absolute atomic E-state index is 13.2. The van der Waals surface area contributed by atoms with E-state index in [9.17, 15) is 19.3 Å². The first-order chi connectivity index (χ1) is 8.04. The third-order valence-corrected chi connectivity index (χ3v) is 2.21. The van der Waals surface area contributed by atoms with Crippen LogP contribution >= 0.6 is 0 Å². The molecule has 0 amide bonds. The van der Waals surface area contributed by atoms with Crippen LogP contribution in [0.1, 0.15) is 12.0 Å². The van der Waals surface area contributed by atoms with Crippen molar-refractivity contribution in [2.24, 2.45) is 0 Å². The number of Topliss-reactive ketones (excluding diaryl/α,β-unsaturated/α-hetero) is 1. The van der Waals surface area contributed by atoms with Gasteiger partial charge in [-0.05, 0) is 18.1 Å². The predicted molar refractivity (Wildman–Crippen MR) is 58.3 cm³/mol. The Hall–Kier alpha value is -1.82. The Labute approximate surface area is 97.3 Å². The molecular formula is C11H12FNO4. The van der Waals surface area contributed by atoms with Crippen LogP contribution in [-0.2, 0) is 16.0 Å². The topological polar surface area (TPSA) is 69.4 Å². The molecule has 0 N–H and O–H groups in total. The van der Waals surface area contributed by atoms with Crippen LogP contribution in [0.25, 0.3) is 0 Å². The number of carbonyl (C=O) groups is 1. The van der Waals surface area contributed by atoms with E-state index in [0.29, 0.717) is 12.0 Å². The van der Waals surface area contributed by atoms with Crippen molar-refractivity contribution in [3.05, 3.63) is 39.7 Å². The van der Waals surface area contributed by atoms with Crippen molar-refractivity contribution >= 4 is 11.5 Å². The molecule has 1 aromatic rings. The molecule has 0 aliphatic rings. The molecule has 0 aromatic heterocycles. The van der Waals surface area contributed by atoms with E-state index >= 15 is 0 Å². The van der Waals surface area contributed by atoms with E-state index in [1.807, 2.05) is 0 Å². The minimum absolute atomic E-state index is 0.0233. The lowest BCUT2D eigenvalue weighted by molar-refractivity contribution is -0.387. The molecule has 0 bridgehead atoms. The maximum Gasteiger partial charge on any atom is 0.304 e. The molecule has 0 heterocycles. The van der Waals surface area contributed by atoms with Gasteiger partial charge in [0, 0.05) is 19.6 Å². The molecule has 5 nitrogen and oxygen atoms in total. The molecule has 0 saturated carbocycles. The minimum Gasteiger partial charge on any atom is -0.377 e. The molecular weight excluding hydrogens is 229 g/mol. The number of methoxy groups -OCH3 is 1. The van der Waals surface area contributed by atoms with E-state index in [0.717, 1.165) is 12.1 Å². The van der Waals surface area contributed by atoms with Crippen LogP contribution in [0.15, 0.2) is 18.2 Å². The first-order valence-electron chi connectivity index (χ1n) is 4.98. The normalized spacial score (nSPS) is 10.2. The average Bonchev–Trinajstić information content (AvgIpc) is 2.26. The number of nitro benzene ring substituents is 1. The van der Waals surface area contributed by atoms with Gasteiger partial charge in [0.25, 0.3) is 0 Å². The van der Waals surface area contributed by atoms with Gasteiger partial charge in [-0.15, -0.1) is 0 Å². The second-order valence-electron chi connectivity index (χ2n) is 3.51. The molecule has 1 rings (SSSR count). The Bertz CT molecular complexity index is 433. The van der Waals surface area contributed by atoms with Gasteiger partial charge >= 0.3 is 5.69 Å². The van der Waals surface area contributed by atoms with E-state index in [4.69, 9.17) is 0 Å². The Morgan fingerprint density at radius 2 is 2.24 bits per heavy atom. The fraction of sp³-hybridized carbons (Fsp3) is 0.364. The van der Waals surface area contributed by atoms with Crippen molar-refractivity contribution in [1.82, 2.24) is 0 Å². The standard InChI is InChI=1S/C11H12FNO4/c1-17-7-9(14)4-2-8-3-5-11(13(15)16)10(12)6-8/h3,5-6H,2,4,7H2,1H3. The lowest BCUT2D eigenvalue weighted by Crippen LogP contribution is -2.07. The summed E-state index contributed by atoms with van der Waals surface area (Å²) >= 11 is 0. The third kappa shape index (κ3) is 3.92. The number of hydrogen-bond acceptors (Lipinski definition) is 4. The number of nitro groups is 1. The number of aryl methyl sites for hydroxylation is 1. The van der Waals surface area contributed by atoms with Crippen LogP contribution in [0.5, 0.6) is 0 Å². The van der Waals surface area contributed by atoms with Gasteiger partial charge in [-0.1, -0.05) is 6.07 Å². The van der Waals surface area contributed by atoms with E-state index in [-0.39, 0.29) is 18.8 Å². The van der Waals surface area contributed by atoms with Crippen molar-refractivity contribution in [2.75, 3.05) is 13.7 Å². The number of ketones is 1. The summed E-state index contributed by atoms with van der Waals surface area (Å²) in [6, 6.07) is 3.63. The number of nitrogens with zero attached hydrogens (tertiary/aromatic N) is 1. The second-order valence-corrected chi connectivity index (χ2v) is 3.51. The monoisotopic (exact) mass is 241 g/mol. The molecule has 0 aliphatic carbocycles. The number of rotatable bonds is 6. The van der Waals surface area contributed by atoms with Gasteiger partial charge in [0.2, 0.25) is 5.82 Å². The van der Waals surface area contributed by atoms with Crippen LogP contribution in [0.3, 0.4) is 0 Å². The highest BCUT2D eigenvalue weighted by Gasteiger charge is 2.13. The van der Waals surface area contributed by atoms with Crippen LogP contribution in [0.2, 0.25) is 0 Å². The Morgan fingerprint density at radius 3 is 2.76 bits per heavy atom. The number of hydrogen-bond donors (Lipinski definition) is 0. The lowest BCUT2D eigenvalue weighted by atomic mass is 10.1. The SMILES string of the molecule is COCC(=O)CCc1ccc([N+](=O)[O-])c(F)c1. The highest BCUT2D eigenvalue weighted by Crippen LogP contribution is 2.18. The average molecular weight is 241 g/mol. The zero-order chi connectivity index (χ0) is 12.8. The first kappa shape index (κ1) is 13.2. The summed E-state index contributed by atoms with van der Waals surface area (Å²) in [5.41, 5.74) is -0.00507. The number of carbonyl (C=O) groups excluding carboxylic acids is 1. The summed E-state index contributed by atoms with van der Waals surface area (Å²) in [6.07, 6.45) is 0.572. The minimum atomic E-state index is -0.883. The highest BCUT2D eigenvalue weighted by atomic mass is 19.1. The summed E-state index contributed by atoms with van der Waals surface area (Å²) < 4.78 is 17.9. The van der Waals surface area contributed by atoms with Crippen LogP contribution in [0.4, 0.5) is 10.1 Å². The Morgan fingerprint density at radius 1 is 1.53 bits per heavy atom. The lowest BCUT2D eigenvalue weighted by Gasteiger charge is -2.01. The quantitative estimate of drug-likeness (QED) is 0.563. The summed E-state index contributed by atoms with van der Waals surface area (Å²) in [6.45, 7) is 0.0233. The summed E-state index contributed by atoms with van der Waals surface area (Å²) in [5.74, 6) is -0.974. The molecule has 0 fully saturated rings. The zero-order valence-electron chi connectivity index (χ0n) is 9.31. The van der Waals surface area contributed by atoms with E-state index in [1.54, 1.807) is 0 Å². The maximum atomic E-state index is 13.2. The van der Waals surface area contributed by atoms with Crippen LogP contribution < -0.4 is 0 Å². The summed E-state index contributed by atoms with van der Waals surface area (Å²) in [7, 11) is 1.42. The Kier molecular flexibility index (Phi) is 4.71. The molecule has 92 valence electrons. The predicted octanol–water partition coefficient (Wildman–Crippen LogP) is 1.88. The molecule has 0 unspecified atom stereocenters. The molecule has 1 aromatic carbocycles. The van der Waals surface area contributed by atoms with E-state index in [1.165, 1.54) is 13.2 Å². The fourth-order valence-corrected chi connectivity index (χ4v) is 1.37. The van der Waals surface area contributed by atoms with Gasteiger partial charge < -0.3 is 4.74 Å². The number of benzene rings is 1.